The fourth-order valence-corrected chi connectivity index (χ4v) is 4.92. The van der Waals surface area contributed by atoms with Gasteiger partial charge in [0.05, 0.1) is 24.2 Å². The third kappa shape index (κ3) is 8.09. The zero-order valence-electron chi connectivity index (χ0n) is 26.1. The first-order valence-corrected chi connectivity index (χ1v) is 14.5. The molecule has 270 valence electrons. The van der Waals surface area contributed by atoms with Crippen LogP contribution in [-0.4, -0.2) is 59.4 Å². The van der Waals surface area contributed by atoms with Crippen molar-refractivity contribution in [3.63, 3.8) is 0 Å². The number of fused-ring (bicyclic) bond motifs is 3. The van der Waals surface area contributed by atoms with Crippen LogP contribution in [0.25, 0.3) is 38.8 Å². The predicted octanol–water partition coefficient (Wildman–Crippen LogP) is 7.28. The van der Waals surface area contributed by atoms with Crippen LogP contribution in [0.2, 0.25) is 0 Å². The molecule has 0 fully saturated rings. The molecule has 0 saturated heterocycles. The average molecular weight is 737 g/mol. The van der Waals surface area contributed by atoms with Crippen LogP contribution in [0.5, 0.6) is 0 Å². The molecule has 0 radical (unpaired) electrons. The van der Waals surface area contributed by atoms with E-state index in [0.29, 0.717) is 5.69 Å². The van der Waals surface area contributed by atoms with Crippen molar-refractivity contribution < 1.29 is 59.0 Å². The second kappa shape index (κ2) is 13.9. The number of ketones is 2. The quantitative estimate of drug-likeness (QED) is 0.121. The van der Waals surface area contributed by atoms with Gasteiger partial charge in [-0.15, -0.1) is 0 Å². The van der Waals surface area contributed by atoms with Gasteiger partial charge in [-0.05, 0) is 60.0 Å². The molecule has 1 amide bonds. The number of aliphatic hydroxyl groups excluding tert-OH is 1. The molecule has 3 N–H and O–H groups in total. The monoisotopic (exact) mass is 736 g/mol. The highest BCUT2D eigenvalue weighted by atomic mass is 19.4. The van der Waals surface area contributed by atoms with Crippen LogP contribution in [0.3, 0.4) is 0 Å². The minimum atomic E-state index is -5.77. The van der Waals surface area contributed by atoms with Gasteiger partial charge in [-0.2, -0.15) is 39.5 Å². The number of carbonyl (C=O) groups is 3. The molecule has 0 saturated carbocycles. The molecule has 19 heteroatoms. The number of alkyl halides is 9. The van der Waals surface area contributed by atoms with E-state index in [2.05, 4.69) is 25.3 Å². The first-order valence-electron chi connectivity index (χ1n) is 14.5. The second-order valence-corrected chi connectivity index (χ2v) is 11.0. The lowest BCUT2D eigenvalue weighted by molar-refractivity contribution is -0.193. The first kappa shape index (κ1) is 37.2. The Morgan fingerprint density at radius 3 is 2.15 bits per heavy atom. The number of aliphatic hydroxyl groups is 1. The molecule has 10 nitrogen and oxygen atoms in total. The molecular weight excluding hydrogens is 715 g/mol. The van der Waals surface area contributed by atoms with Crippen molar-refractivity contribution in [1.82, 2.24) is 24.5 Å². The number of aryl methyl sites for hydroxylation is 1. The molecule has 0 aliphatic carbocycles. The standard InChI is InChI=1S/C29H21F3N6O2.C4F6O2/c1-16-2-4-20(10-24(16)17-3-5-23-25-11-33-14-34-27(25)37-26(23)8-17)36-28(40)18-6-19(29(30,31)32)9-22(7-18)38-12-21(13-39)35-15-38;5-3(6,7)1(11)2(12)4(8,9)10/h2-12,14-15,39H,13H2,1H3,(H,36,40)(H,33,34,37);. The number of nitrogens with zero attached hydrogens (tertiary/aromatic N) is 4. The largest absolute Gasteiger partial charge is 0.458 e. The van der Waals surface area contributed by atoms with Crippen LogP contribution in [0.4, 0.5) is 45.2 Å². The zero-order chi connectivity index (χ0) is 38.2. The van der Waals surface area contributed by atoms with E-state index in [4.69, 9.17) is 0 Å². The number of H-pyrrole nitrogens is 1. The van der Waals surface area contributed by atoms with Crippen molar-refractivity contribution >= 4 is 45.1 Å². The van der Waals surface area contributed by atoms with Crippen molar-refractivity contribution in [2.24, 2.45) is 0 Å². The van der Waals surface area contributed by atoms with Gasteiger partial charge in [0.2, 0.25) is 0 Å². The molecule has 6 aromatic rings. The normalized spacial score (nSPS) is 12.1. The van der Waals surface area contributed by atoms with E-state index in [-0.39, 0.29) is 23.6 Å². The number of amides is 1. The van der Waals surface area contributed by atoms with Gasteiger partial charge in [-0.25, -0.2) is 15.0 Å². The fraction of sp³-hybridized carbons (Fsp3) is 0.152. The number of hydrogen-bond donors (Lipinski definition) is 3. The van der Waals surface area contributed by atoms with Crippen molar-refractivity contribution in [3.05, 3.63) is 102 Å². The Bertz CT molecular complexity index is 2300. The minimum Gasteiger partial charge on any atom is -0.390 e. The Morgan fingerprint density at radius 1 is 0.846 bits per heavy atom. The smallest absolute Gasteiger partial charge is 0.390 e. The summed E-state index contributed by atoms with van der Waals surface area (Å²) in [6, 6.07) is 14.3. The molecule has 0 atom stereocenters. The van der Waals surface area contributed by atoms with Crippen LogP contribution in [0, 0.1) is 6.92 Å². The van der Waals surface area contributed by atoms with Gasteiger partial charge < -0.3 is 20.0 Å². The summed E-state index contributed by atoms with van der Waals surface area (Å²) in [5.74, 6) is -7.51. The molecule has 0 bridgehead atoms. The van der Waals surface area contributed by atoms with E-state index in [1.807, 2.05) is 31.2 Å². The number of rotatable bonds is 6. The molecule has 3 heterocycles. The van der Waals surface area contributed by atoms with E-state index >= 15 is 0 Å². The van der Waals surface area contributed by atoms with Crippen LogP contribution in [0.15, 0.2) is 79.6 Å². The highest BCUT2D eigenvalue weighted by Crippen LogP contribution is 2.34. The van der Waals surface area contributed by atoms with Crippen LogP contribution in [0.1, 0.15) is 27.2 Å². The third-order valence-corrected chi connectivity index (χ3v) is 7.41. The summed E-state index contributed by atoms with van der Waals surface area (Å²) >= 11 is 0. The molecule has 6 rings (SSSR count). The van der Waals surface area contributed by atoms with Gasteiger partial charge in [-0.3, -0.25) is 14.4 Å². The number of anilines is 1. The van der Waals surface area contributed by atoms with Gasteiger partial charge >= 0.3 is 30.1 Å². The van der Waals surface area contributed by atoms with E-state index in [1.54, 1.807) is 18.3 Å². The Morgan fingerprint density at radius 2 is 1.54 bits per heavy atom. The van der Waals surface area contributed by atoms with E-state index in [1.165, 1.54) is 29.5 Å². The summed E-state index contributed by atoms with van der Waals surface area (Å²) in [6.07, 6.45) is -10.3. The molecule has 0 aliphatic heterocycles. The fourth-order valence-electron chi connectivity index (χ4n) is 4.92. The summed E-state index contributed by atoms with van der Waals surface area (Å²) in [4.78, 5) is 48.0. The summed E-state index contributed by atoms with van der Waals surface area (Å²) in [7, 11) is 0. The lowest BCUT2D eigenvalue weighted by Crippen LogP contribution is -2.39. The van der Waals surface area contributed by atoms with Crippen molar-refractivity contribution in [2.45, 2.75) is 32.1 Å². The minimum absolute atomic E-state index is 0.0908. The molecular formula is C33H21F9N6O4. The number of benzene rings is 3. The molecule has 3 aromatic carbocycles. The number of Topliss-reactive ketones (excluding diaryl/α,β-unsaturated/α-hetero) is 2. The summed E-state index contributed by atoms with van der Waals surface area (Å²) < 4.78 is 109. The number of carbonyl (C=O) groups excluding carboxylic acids is 3. The third-order valence-electron chi connectivity index (χ3n) is 7.41. The lowest BCUT2D eigenvalue weighted by atomic mass is 9.98. The van der Waals surface area contributed by atoms with Gasteiger partial charge in [0.15, 0.2) is 0 Å². The topological polar surface area (TPSA) is 143 Å². The number of aromatic amines is 1. The highest BCUT2D eigenvalue weighted by molar-refractivity contribution is 6.41. The van der Waals surface area contributed by atoms with Crippen molar-refractivity contribution in [2.75, 3.05) is 5.32 Å². The summed E-state index contributed by atoms with van der Waals surface area (Å²) in [5, 5.41) is 13.9. The van der Waals surface area contributed by atoms with Crippen LogP contribution >= 0.6 is 0 Å². The molecule has 3 aromatic heterocycles. The Balaban J connectivity index is 0.000000376. The van der Waals surface area contributed by atoms with Crippen LogP contribution in [-0.2, 0) is 22.4 Å². The average Bonchev–Trinajstić information content (AvgIpc) is 3.72. The van der Waals surface area contributed by atoms with Crippen LogP contribution < -0.4 is 5.32 Å². The maximum Gasteiger partial charge on any atom is 0.458 e. The van der Waals surface area contributed by atoms with Gasteiger partial charge in [0.1, 0.15) is 12.0 Å². The highest BCUT2D eigenvalue weighted by Gasteiger charge is 2.54. The number of imidazole rings is 1. The Kier molecular flexibility index (Phi) is 9.93. The number of nitrogens with one attached hydrogen (secondary N) is 2. The maximum atomic E-state index is 13.7. The second-order valence-electron chi connectivity index (χ2n) is 11.0. The van der Waals surface area contributed by atoms with Gasteiger partial charge in [-0.1, -0.05) is 18.2 Å². The maximum absolute atomic E-state index is 13.7. The van der Waals surface area contributed by atoms with Crippen molar-refractivity contribution in [3.8, 4) is 16.8 Å². The molecule has 0 spiro atoms. The molecule has 0 aliphatic rings. The molecule has 0 unspecified atom stereocenters. The predicted molar refractivity (Wildman–Crippen MR) is 166 cm³/mol. The Labute approximate surface area is 284 Å². The van der Waals surface area contributed by atoms with E-state index in [9.17, 15) is 59.0 Å². The lowest BCUT2D eigenvalue weighted by Gasteiger charge is -2.14. The SMILES string of the molecule is Cc1ccc(NC(=O)c2cc(-n3cnc(CO)c3)cc(C(F)(F)F)c2)cc1-c1ccc2c(c1)[nH]c1ncncc12.O=C(C(=O)C(F)(F)F)C(F)(F)F. The number of halogens is 9. The van der Waals surface area contributed by atoms with E-state index < -0.39 is 41.6 Å². The number of aromatic nitrogens is 5. The molecule has 52 heavy (non-hydrogen) atoms. The van der Waals surface area contributed by atoms with E-state index in [0.717, 1.165) is 50.8 Å². The van der Waals surface area contributed by atoms with Crippen molar-refractivity contribution in [1.29, 1.82) is 0 Å². The first-order chi connectivity index (χ1) is 24.3. The number of hydrogen-bond acceptors (Lipinski definition) is 7. The van der Waals surface area contributed by atoms with Gasteiger partial charge in [0, 0.05) is 45.6 Å². The van der Waals surface area contributed by atoms with Gasteiger partial charge in [0.25, 0.3) is 5.91 Å². The summed E-state index contributed by atoms with van der Waals surface area (Å²) in [5.41, 5.74) is 3.95. The zero-order valence-corrected chi connectivity index (χ0v) is 26.1. The Hall–Kier alpha value is -6.11. The summed E-state index contributed by atoms with van der Waals surface area (Å²) in [6.45, 7) is 1.57.